The number of fused-ring (bicyclic) bond motifs is 2. The van der Waals surface area contributed by atoms with Crippen LogP contribution in [0.25, 0.3) is 0 Å². The highest BCUT2D eigenvalue weighted by Gasteiger charge is 2.32. The fourth-order valence-electron chi connectivity index (χ4n) is 8.27. The Morgan fingerprint density at radius 3 is 1.44 bits per heavy atom. The minimum Gasteiger partial charge on any atom is -0.495 e. The molecule has 2 aliphatic heterocycles. The molecule has 13 heteroatoms. The molecule has 0 aromatic heterocycles. The monoisotopic (exact) mass is 1080 g/mol. The van der Waals surface area contributed by atoms with Crippen LogP contribution in [-0.4, -0.2) is 53.3 Å². The molecule has 0 saturated heterocycles. The number of Topliss-reactive ketones (excluding diaryl/α,β-unsaturated/α-hetero) is 2. The second kappa shape index (κ2) is 23.4. The first kappa shape index (κ1) is 52.0. The van der Waals surface area contributed by atoms with Crippen molar-refractivity contribution in [2.24, 2.45) is 0 Å². The summed E-state index contributed by atoms with van der Waals surface area (Å²) in [5, 5.41) is 19.8. The Balaban J connectivity index is 0.000000206. The minimum atomic E-state index is -0.277. The molecule has 2 aliphatic rings. The first-order valence-corrected chi connectivity index (χ1v) is 25.0. The van der Waals surface area contributed by atoms with Crippen LogP contribution in [0.4, 0.5) is 0 Å². The summed E-state index contributed by atoms with van der Waals surface area (Å²) in [7, 11) is 1.56. The molecule has 0 aliphatic carbocycles. The summed E-state index contributed by atoms with van der Waals surface area (Å²) in [5.41, 5.74) is 6.39. The normalized spacial score (nSPS) is 14.0. The number of carbonyl (C=O) groups is 2. The van der Waals surface area contributed by atoms with E-state index in [4.69, 9.17) is 33.2 Å². The van der Waals surface area contributed by atoms with Crippen molar-refractivity contribution < 1.29 is 53.0 Å². The van der Waals surface area contributed by atoms with Gasteiger partial charge in [-0.25, -0.2) is 0 Å². The zero-order valence-corrected chi connectivity index (χ0v) is 43.7. The highest BCUT2D eigenvalue weighted by Crippen LogP contribution is 2.43. The zero-order chi connectivity index (χ0) is 50.0. The summed E-state index contributed by atoms with van der Waals surface area (Å²) in [6.45, 7) is 10.1. The lowest BCUT2D eigenvalue weighted by Gasteiger charge is -2.33. The molecule has 0 saturated carbocycles. The average molecular weight is 1080 g/mol. The standard InChI is InChI=1S/C29H31BrO5.C28H29BrO6/c1-4-20-14-27(33-17-19-8-6-5-7-9-19)23(15-24(20)30)25(32)18-34-28-21(16-31)10-11-26-22(28)12-13-29(2,3)35-26;1-28(2)12-11-20-24(35-28)10-9-19(15-30)27(20)34-17-23(31)21-13-22(29)26(32-3)14-25(21)33-16-18-7-5-4-6-8-18/h5-11,14-15,31H,4,12-13,16-18H2,1-3H3;4-10,13-14,30H,11-12,15-17H2,1-3H3. The lowest BCUT2D eigenvalue weighted by molar-refractivity contribution is 0.0812. The number of hydrogen-bond donors (Lipinski definition) is 2. The largest absolute Gasteiger partial charge is 0.495 e. The van der Waals surface area contributed by atoms with Gasteiger partial charge in [0.25, 0.3) is 0 Å². The van der Waals surface area contributed by atoms with Crippen LogP contribution < -0.4 is 33.2 Å². The number of aryl methyl sites for hydroxylation is 1. The van der Waals surface area contributed by atoms with Crippen LogP contribution in [0.3, 0.4) is 0 Å². The van der Waals surface area contributed by atoms with Crippen molar-refractivity contribution in [1.29, 1.82) is 0 Å². The van der Waals surface area contributed by atoms with Crippen molar-refractivity contribution in [3.05, 3.63) is 168 Å². The minimum absolute atomic E-state index is 0.174. The van der Waals surface area contributed by atoms with Crippen molar-refractivity contribution in [2.75, 3.05) is 20.3 Å². The second-order valence-corrected chi connectivity index (χ2v) is 20.1. The topological polar surface area (TPSA) is 139 Å². The number of benzene rings is 6. The molecule has 0 bridgehead atoms. The van der Waals surface area contributed by atoms with Gasteiger partial charge in [0, 0.05) is 32.8 Å². The number of aliphatic hydroxyl groups excluding tert-OH is 2. The van der Waals surface area contributed by atoms with Crippen LogP contribution in [0, 0.1) is 0 Å². The highest BCUT2D eigenvalue weighted by atomic mass is 79.9. The van der Waals surface area contributed by atoms with Crippen molar-refractivity contribution in [3.63, 3.8) is 0 Å². The second-order valence-electron chi connectivity index (χ2n) is 18.3. The molecule has 11 nitrogen and oxygen atoms in total. The molecule has 0 atom stereocenters. The summed E-state index contributed by atoms with van der Waals surface area (Å²) < 4.78 is 43.3. The highest BCUT2D eigenvalue weighted by molar-refractivity contribution is 9.10. The molecule has 6 aromatic rings. The third-order valence-corrected chi connectivity index (χ3v) is 13.6. The van der Waals surface area contributed by atoms with Crippen molar-refractivity contribution >= 4 is 43.4 Å². The lowest BCUT2D eigenvalue weighted by atomic mass is 9.92. The van der Waals surface area contributed by atoms with E-state index >= 15 is 0 Å². The fourth-order valence-corrected chi connectivity index (χ4v) is 9.40. The Morgan fingerprint density at radius 1 is 0.571 bits per heavy atom. The quantitative estimate of drug-likeness (QED) is 0.0795. The van der Waals surface area contributed by atoms with Gasteiger partial charge in [0.1, 0.15) is 64.7 Å². The predicted molar refractivity (Wildman–Crippen MR) is 276 cm³/mol. The van der Waals surface area contributed by atoms with Gasteiger partial charge < -0.3 is 43.4 Å². The van der Waals surface area contributed by atoms with E-state index in [0.717, 1.165) is 75.9 Å². The number of rotatable bonds is 18. The van der Waals surface area contributed by atoms with E-state index in [9.17, 15) is 19.8 Å². The molecular weight excluding hydrogens is 1020 g/mol. The van der Waals surface area contributed by atoms with Crippen LogP contribution in [0.1, 0.15) is 107 Å². The van der Waals surface area contributed by atoms with Gasteiger partial charge >= 0.3 is 0 Å². The van der Waals surface area contributed by atoms with Crippen LogP contribution in [0.5, 0.6) is 40.2 Å². The number of ketones is 2. The van der Waals surface area contributed by atoms with Crippen LogP contribution in [0.2, 0.25) is 0 Å². The molecule has 0 unspecified atom stereocenters. The first-order chi connectivity index (χ1) is 33.6. The van der Waals surface area contributed by atoms with E-state index < -0.39 is 0 Å². The number of hydrogen-bond acceptors (Lipinski definition) is 11. The summed E-state index contributed by atoms with van der Waals surface area (Å²) in [6, 6.07) is 34.0. The summed E-state index contributed by atoms with van der Waals surface area (Å²) in [5.74, 6) is 3.55. The molecule has 6 aromatic carbocycles. The third kappa shape index (κ3) is 12.9. The van der Waals surface area contributed by atoms with Gasteiger partial charge in [0.2, 0.25) is 11.6 Å². The molecule has 368 valence electrons. The molecule has 8 rings (SSSR count). The molecule has 2 heterocycles. The van der Waals surface area contributed by atoms with Gasteiger partial charge in [0.15, 0.2) is 13.2 Å². The van der Waals surface area contributed by atoms with Gasteiger partial charge in [-0.05, 0) is 135 Å². The Morgan fingerprint density at radius 2 is 1.01 bits per heavy atom. The number of ether oxygens (including phenoxy) is 7. The Hall–Kier alpha value is -5.86. The maximum absolute atomic E-state index is 13.4. The molecular formula is C57H60Br2O11. The SMILES string of the molecule is CCc1cc(OCc2ccccc2)c(C(=O)COc2c(CO)ccc3c2CCC(C)(C)O3)cc1Br.COc1cc(OCc2ccccc2)c(C(=O)COc2c(CO)ccc3c2CCC(C)(C)O3)cc1Br. The van der Waals surface area contributed by atoms with Gasteiger partial charge in [0.05, 0.1) is 35.9 Å². The molecule has 0 spiro atoms. The fraction of sp³-hybridized carbons (Fsp3) is 0.333. The molecule has 0 fully saturated rings. The van der Waals surface area contributed by atoms with Crippen LogP contribution in [-0.2, 0) is 45.7 Å². The molecule has 70 heavy (non-hydrogen) atoms. The Bertz CT molecular complexity index is 2600. The Kier molecular flexibility index (Phi) is 17.4. The maximum atomic E-state index is 13.4. The summed E-state index contributed by atoms with van der Waals surface area (Å²) in [6.07, 6.45) is 3.92. The van der Waals surface area contributed by atoms with Crippen molar-refractivity contribution in [3.8, 4) is 40.2 Å². The van der Waals surface area contributed by atoms with Gasteiger partial charge in [-0.1, -0.05) is 83.5 Å². The van der Waals surface area contributed by atoms with Crippen molar-refractivity contribution in [1.82, 2.24) is 0 Å². The number of methoxy groups -OCH3 is 1. The van der Waals surface area contributed by atoms with E-state index in [2.05, 4.69) is 52.6 Å². The average Bonchev–Trinajstić information content (AvgIpc) is 3.36. The zero-order valence-electron chi connectivity index (χ0n) is 40.5. The van der Waals surface area contributed by atoms with E-state index in [1.165, 1.54) is 0 Å². The summed E-state index contributed by atoms with van der Waals surface area (Å²) in [4.78, 5) is 26.7. The van der Waals surface area contributed by atoms with Crippen molar-refractivity contribution in [2.45, 2.75) is 104 Å². The molecule has 0 amide bonds. The number of aliphatic hydroxyl groups is 2. The predicted octanol–water partition coefficient (Wildman–Crippen LogP) is 12.3. The van der Waals surface area contributed by atoms with E-state index in [0.29, 0.717) is 68.7 Å². The van der Waals surface area contributed by atoms with E-state index in [1.807, 2.05) is 98.8 Å². The Labute approximate surface area is 427 Å². The maximum Gasteiger partial charge on any atom is 0.203 e. The van der Waals surface area contributed by atoms with Crippen LogP contribution in [0.15, 0.2) is 118 Å². The first-order valence-electron chi connectivity index (χ1n) is 23.4. The van der Waals surface area contributed by atoms with E-state index in [1.54, 1.807) is 31.4 Å². The summed E-state index contributed by atoms with van der Waals surface area (Å²) >= 11 is 7.05. The molecule has 2 N–H and O–H groups in total. The van der Waals surface area contributed by atoms with E-state index in [-0.39, 0.29) is 49.2 Å². The van der Waals surface area contributed by atoms with Gasteiger partial charge in [-0.3, -0.25) is 9.59 Å². The van der Waals surface area contributed by atoms with Crippen LogP contribution >= 0.6 is 31.9 Å². The molecule has 0 radical (unpaired) electrons. The van der Waals surface area contributed by atoms with Gasteiger partial charge in [-0.2, -0.15) is 0 Å². The third-order valence-electron chi connectivity index (χ3n) is 12.2. The number of carbonyl (C=O) groups excluding carboxylic acids is 2. The lowest BCUT2D eigenvalue weighted by Crippen LogP contribution is -2.33. The smallest absolute Gasteiger partial charge is 0.203 e. The number of halogens is 2. The van der Waals surface area contributed by atoms with Gasteiger partial charge in [-0.15, -0.1) is 0 Å².